The van der Waals surface area contributed by atoms with E-state index in [1.165, 1.54) is 29.5 Å². The lowest BCUT2D eigenvalue weighted by Gasteiger charge is -2.15. The topological polar surface area (TPSA) is 67.4 Å². The standard InChI is InChI=1S/C16H17FN2O3S/c1-3-22-16(21)10(2)18-12-4-5-13(17)14(8-12)19-15(20)11-6-7-23-9-11/h4-10,18H,3H2,1-2H3,(H,19,20). The maximum absolute atomic E-state index is 13.9. The molecule has 1 amide bonds. The molecule has 2 aromatic rings. The van der Waals surface area contributed by atoms with Crippen LogP contribution in [0, 0.1) is 5.82 Å². The van der Waals surface area contributed by atoms with Crippen LogP contribution in [0.2, 0.25) is 0 Å². The summed E-state index contributed by atoms with van der Waals surface area (Å²) < 4.78 is 18.8. The zero-order chi connectivity index (χ0) is 16.8. The molecule has 5 nitrogen and oxygen atoms in total. The van der Waals surface area contributed by atoms with Gasteiger partial charge in [0.15, 0.2) is 0 Å². The molecule has 1 unspecified atom stereocenters. The van der Waals surface area contributed by atoms with Gasteiger partial charge in [0, 0.05) is 11.1 Å². The predicted molar refractivity (Wildman–Crippen MR) is 88.4 cm³/mol. The fourth-order valence-corrected chi connectivity index (χ4v) is 2.51. The summed E-state index contributed by atoms with van der Waals surface area (Å²) in [4.78, 5) is 23.6. The van der Waals surface area contributed by atoms with E-state index < -0.39 is 17.8 Å². The van der Waals surface area contributed by atoms with Gasteiger partial charge in [-0.1, -0.05) is 0 Å². The number of esters is 1. The Labute approximate surface area is 137 Å². The molecule has 0 aliphatic heterocycles. The van der Waals surface area contributed by atoms with E-state index in [9.17, 15) is 14.0 Å². The molecule has 23 heavy (non-hydrogen) atoms. The van der Waals surface area contributed by atoms with Gasteiger partial charge in [-0.3, -0.25) is 4.79 Å². The van der Waals surface area contributed by atoms with Crippen LogP contribution in [-0.4, -0.2) is 24.5 Å². The average molecular weight is 336 g/mol. The molecule has 0 radical (unpaired) electrons. The van der Waals surface area contributed by atoms with Gasteiger partial charge >= 0.3 is 5.97 Å². The summed E-state index contributed by atoms with van der Waals surface area (Å²) in [6.45, 7) is 3.65. The molecule has 0 aliphatic carbocycles. The van der Waals surface area contributed by atoms with Gasteiger partial charge in [0.25, 0.3) is 5.91 Å². The van der Waals surface area contributed by atoms with Crippen LogP contribution in [0.1, 0.15) is 24.2 Å². The molecule has 0 bridgehead atoms. The summed E-state index contributed by atoms with van der Waals surface area (Å²) in [5.74, 6) is -1.34. The number of hydrogen-bond acceptors (Lipinski definition) is 5. The van der Waals surface area contributed by atoms with Gasteiger partial charge in [-0.05, 0) is 43.5 Å². The van der Waals surface area contributed by atoms with E-state index in [4.69, 9.17) is 4.74 Å². The highest BCUT2D eigenvalue weighted by atomic mass is 32.1. The zero-order valence-electron chi connectivity index (χ0n) is 12.8. The maximum Gasteiger partial charge on any atom is 0.328 e. The van der Waals surface area contributed by atoms with Crippen molar-refractivity contribution in [2.24, 2.45) is 0 Å². The number of benzene rings is 1. The number of rotatable bonds is 6. The number of nitrogens with one attached hydrogen (secondary N) is 2. The third-order valence-electron chi connectivity index (χ3n) is 3.02. The van der Waals surface area contributed by atoms with Crippen molar-refractivity contribution in [3.05, 3.63) is 46.4 Å². The smallest absolute Gasteiger partial charge is 0.328 e. The van der Waals surface area contributed by atoms with Gasteiger partial charge in [0.05, 0.1) is 17.9 Å². The maximum atomic E-state index is 13.9. The molecule has 122 valence electrons. The molecule has 0 spiro atoms. The minimum atomic E-state index is -0.583. The van der Waals surface area contributed by atoms with Gasteiger partial charge in [0.2, 0.25) is 0 Å². The second-order valence-electron chi connectivity index (χ2n) is 4.78. The quantitative estimate of drug-likeness (QED) is 0.792. The van der Waals surface area contributed by atoms with Crippen LogP contribution < -0.4 is 10.6 Å². The van der Waals surface area contributed by atoms with Crippen molar-refractivity contribution in [1.29, 1.82) is 0 Å². The lowest BCUT2D eigenvalue weighted by atomic mass is 10.2. The molecule has 1 aromatic carbocycles. The van der Waals surface area contributed by atoms with Crippen molar-refractivity contribution in [2.45, 2.75) is 19.9 Å². The Kier molecular flexibility index (Phi) is 5.70. The van der Waals surface area contributed by atoms with Crippen molar-refractivity contribution in [3.63, 3.8) is 0 Å². The molecule has 0 saturated heterocycles. The summed E-state index contributed by atoms with van der Waals surface area (Å²) in [5.41, 5.74) is 1.02. The van der Waals surface area contributed by atoms with Crippen LogP contribution in [0.25, 0.3) is 0 Å². The third-order valence-corrected chi connectivity index (χ3v) is 3.70. The van der Waals surface area contributed by atoms with E-state index in [-0.39, 0.29) is 18.2 Å². The largest absolute Gasteiger partial charge is 0.464 e. The number of halogens is 1. The van der Waals surface area contributed by atoms with Crippen LogP contribution in [-0.2, 0) is 9.53 Å². The molecule has 0 fully saturated rings. The molecular weight excluding hydrogens is 319 g/mol. The molecule has 1 heterocycles. The second kappa shape index (κ2) is 7.73. The van der Waals surface area contributed by atoms with E-state index in [0.29, 0.717) is 11.3 Å². The van der Waals surface area contributed by atoms with Crippen molar-refractivity contribution < 1.29 is 18.7 Å². The number of carbonyl (C=O) groups is 2. The van der Waals surface area contributed by atoms with E-state index >= 15 is 0 Å². The van der Waals surface area contributed by atoms with E-state index in [1.54, 1.807) is 30.7 Å². The first kappa shape index (κ1) is 17.0. The number of carbonyl (C=O) groups excluding carboxylic acids is 2. The Bertz CT molecular complexity index is 689. The Hall–Kier alpha value is -2.41. The number of hydrogen-bond donors (Lipinski definition) is 2. The third kappa shape index (κ3) is 4.53. The first-order valence-corrected chi connectivity index (χ1v) is 8.01. The number of ether oxygens (including phenoxy) is 1. The number of amides is 1. The summed E-state index contributed by atoms with van der Waals surface area (Å²) >= 11 is 1.38. The molecule has 0 saturated carbocycles. The lowest BCUT2D eigenvalue weighted by Crippen LogP contribution is -2.28. The van der Waals surface area contributed by atoms with E-state index in [0.717, 1.165) is 0 Å². The normalized spacial score (nSPS) is 11.6. The highest BCUT2D eigenvalue weighted by Gasteiger charge is 2.15. The van der Waals surface area contributed by atoms with Crippen LogP contribution in [0.5, 0.6) is 0 Å². The Balaban J connectivity index is 2.09. The summed E-state index contributed by atoms with van der Waals surface area (Å²) in [5, 5.41) is 8.88. The molecule has 2 rings (SSSR count). The molecular formula is C16H17FN2O3S. The fraction of sp³-hybridized carbons (Fsp3) is 0.250. The minimum absolute atomic E-state index is 0.0438. The summed E-state index contributed by atoms with van der Waals surface area (Å²) in [6, 6.07) is 5.23. The van der Waals surface area contributed by atoms with Crippen LogP contribution in [0.4, 0.5) is 15.8 Å². The Morgan fingerprint density at radius 2 is 2.13 bits per heavy atom. The fourth-order valence-electron chi connectivity index (χ4n) is 1.88. The average Bonchev–Trinajstić information content (AvgIpc) is 3.05. The molecule has 1 atom stereocenters. The van der Waals surface area contributed by atoms with Crippen molar-refractivity contribution >= 4 is 34.6 Å². The SMILES string of the molecule is CCOC(=O)C(C)Nc1ccc(F)c(NC(=O)c2ccsc2)c1. The zero-order valence-corrected chi connectivity index (χ0v) is 13.6. The van der Waals surface area contributed by atoms with Gasteiger partial charge < -0.3 is 15.4 Å². The van der Waals surface area contributed by atoms with Crippen LogP contribution in [0.3, 0.4) is 0 Å². The first-order valence-electron chi connectivity index (χ1n) is 7.07. The van der Waals surface area contributed by atoms with Crippen molar-refractivity contribution in [1.82, 2.24) is 0 Å². The Morgan fingerprint density at radius 3 is 2.78 bits per heavy atom. The minimum Gasteiger partial charge on any atom is -0.464 e. The van der Waals surface area contributed by atoms with Crippen LogP contribution in [0.15, 0.2) is 35.0 Å². The predicted octanol–water partition coefficient (Wildman–Crippen LogP) is 3.50. The first-order chi connectivity index (χ1) is 11.0. The number of thiophene rings is 1. The van der Waals surface area contributed by atoms with E-state index in [2.05, 4.69) is 10.6 Å². The molecule has 1 aromatic heterocycles. The molecule has 7 heteroatoms. The summed E-state index contributed by atoms with van der Waals surface area (Å²) in [6.07, 6.45) is 0. The van der Waals surface area contributed by atoms with Gasteiger partial charge in [-0.2, -0.15) is 11.3 Å². The lowest BCUT2D eigenvalue weighted by molar-refractivity contribution is -0.143. The van der Waals surface area contributed by atoms with Crippen molar-refractivity contribution in [3.8, 4) is 0 Å². The monoisotopic (exact) mass is 336 g/mol. The van der Waals surface area contributed by atoms with Gasteiger partial charge in [0.1, 0.15) is 11.9 Å². The number of anilines is 2. The molecule has 2 N–H and O–H groups in total. The highest BCUT2D eigenvalue weighted by molar-refractivity contribution is 7.08. The second-order valence-corrected chi connectivity index (χ2v) is 5.56. The van der Waals surface area contributed by atoms with Gasteiger partial charge in [-0.25, -0.2) is 9.18 Å². The van der Waals surface area contributed by atoms with E-state index in [1.807, 2.05) is 0 Å². The highest BCUT2D eigenvalue weighted by Crippen LogP contribution is 2.21. The molecule has 0 aliphatic rings. The van der Waals surface area contributed by atoms with Crippen molar-refractivity contribution in [2.75, 3.05) is 17.2 Å². The Morgan fingerprint density at radius 1 is 1.35 bits per heavy atom. The van der Waals surface area contributed by atoms with Crippen LogP contribution >= 0.6 is 11.3 Å². The summed E-state index contributed by atoms with van der Waals surface area (Å²) in [7, 11) is 0. The van der Waals surface area contributed by atoms with Gasteiger partial charge in [-0.15, -0.1) is 0 Å².